The maximum Gasteiger partial charge on any atom is 0.243 e. The molecule has 1 heterocycles. The topological polar surface area (TPSA) is 79.6 Å². The molecule has 0 fully saturated rings. The van der Waals surface area contributed by atoms with Crippen LogP contribution in [0.2, 0.25) is 5.02 Å². The molecule has 0 aliphatic rings. The Kier molecular flexibility index (Phi) is 6.51. The van der Waals surface area contributed by atoms with E-state index in [9.17, 15) is 13.2 Å². The summed E-state index contributed by atoms with van der Waals surface area (Å²) in [5.74, 6) is 0.161. The summed E-state index contributed by atoms with van der Waals surface area (Å²) in [6.07, 6.45) is 1.51. The fourth-order valence-electron chi connectivity index (χ4n) is 2.58. The fourth-order valence-corrected chi connectivity index (χ4v) is 4.09. The van der Waals surface area contributed by atoms with Crippen LogP contribution in [0, 0.1) is 0 Å². The van der Waals surface area contributed by atoms with Crippen LogP contribution in [0.4, 0.5) is 0 Å². The largest absolute Gasteiger partial charge is 0.467 e. The lowest BCUT2D eigenvalue weighted by atomic mass is 10.2. The van der Waals surface area contributed by atoms with Crippen molar-refractivity contribution in [3.05, 3.63) is 89.3 Å². The highest BCUT2D eigenvalue weighted by Gasteiger charge is 2.27. The second-order valence-electron chi connectivity index (χ2n) is 6.07. The summed E-state index contributed by atoms with van der Waals surface area (Å²) in [5.41, 5.74) is 0.777. The maximum absolute atomic E-state index is 13.1. The van der Waals surface area contributed by atoms with E-state index < -0.39 is 15.9 Å². The Labute approximate surface area is 168 Å². The minimum absolute atomic E-state index is 0.0694. The van der Waals surface area contributed by atoms with E-state index in [2.05, 4.69) is 5.32 Å². The zero-order chi connectivity index (χ0) is 20.0. The number of amides is 1. The Morgan fingerprint density at radius 2 is 1.71 bits per heavy atom. The Hall–Kier alpha value is -2.61. The SMILES string of the molecule is O=C(CN(Cc1ccccc1)S(=O)(=O)c1ccc(Cl)cc1)NCc1ccco1. The van der Waals surface area contributed by atoms with Gasteiger partial charge in [-0.3, -0.25) is 4.79 Å². The van der Waals surface area contributed by atoms with Crippen LogP contribution in [0.3, 0.4) is 0 Å². The van der Waals surface area contributed by atoms with Gasteiger partial charge in [-0.25, -0.2) is 8.42 Å². The zero-order valence-electron chi connectivity index (χ0n) is 14.9. The molecular formula is C20H19ClN2O4S. The lowest BCUT2D eigenvalue weighted by molar-refractivity contribution is -0.121. The quantitative estimate of drug-likeness (QED) is 0.607. The normalized spacial score (nSPS) is 11.5. The number of nitrogens with zero attached hydrogens (tertiary/aromatic N) is 1. The predicted molar refractivity (Wildman–Crippen MR) is 106 cm³/mol. The molecule has 6 nitrogen and oxygen atoms in total. The van der Waals surface area contributed by atoms with Crippen molar-refractivity contribution < 1.29 is 17.6 Å². The third kappa shape index (κ3) is 5.22. The lowest BCUT2D eigenvalue weighted by Crippen LogP contribution is -2.40. The van der Waals surface area contributed by atoms with E-state index in [4.69, 9.17) is 16.0 Å². The molecule has 0 saturated heterocycles. The van der Waals surface area contributed by atoms with Gasteiger partial charge in [-0.1, -0.05) is 41.9 Å². The second kappa shape index (κ2) is 9.05. The molecule has 146 valence electrons. The third-order valence-corrected chi connectivity index (χ3v) is 6.07. The number of rotatable bonds is 8. The van der Waals surface area contributed by atoms with Crippen LogP contribution in [-0.2, 0) is 27.9 Å². The zero-order valence-corrected chi connectivity index (χ0v) is 16.5. The number of halogens is 1. The van der Waals surface area contributed by atoms with Gasteiger partial charge in [0.2, 0.25) is 15.9 Å². The van der Waals surface area contributed by atoms with Gasteiger partial charge in [-0.2, -0.15) is 4.31 Å². The first-order valence-corrected chi connectivity index (χ1v) is 10.4. The van der Waals surface area contributed by atoms with Gasteiger partial charge < -0.3 is 9.73 Å². The summed E-state index contributed by atoms with van der Waals surface area (Å²) in [6, 6.07) is 18.4. The first kappa shape index (κ1) is 20.1. The molecule has 1 aromatic heterocycles. The smallest absolute Gasteiger partial charge is 0.243 e. The number of hydrogen-bond acceptors (Lipinski definition) is 4. The molecule has 3 rings (SSSR count). The van der Waals surface area contributed by atoms with Crippen LogP contribution in [0.15, 0.2) is 82.3 Å². The summed E-state index contributed by atoms with van der Waals surface area (Å²) >= 11 is 5.86. The number of benzene rings is 2. The maximum atomic E-state index is 13.1. The van der Waals surface area contributed by atoms with Gasteiger partial charge in [0.15, 0.2) is 0 Å². The Morgan fingerprint density at radius 1 is 1.00 bits per heavy atom. The van der Waals surface area contributed by atoms with Crippen LogP contribution in [0.1, 0.15) is 11.3 Å². The van der Waals surface area contributed by atoms with Crippen molar-refractivity contribution in [3.8, 4) is 0 Å². The monoisotopic (exact) mass is 418 g/mol. The average Bonchev–Trinajstić information content (AvgIpc) is 3.21. The summed E-state index contributed by atoms with van der Waals surface area (Å²) in [4.78, 5) is 12.5. The van der Waals surface area contributed by atoms with E-state index in [1.807, 2.05) is 30.3 Å². The molecule has 1 amide bonds. The first-order chi connectivity index (χ1) is 13.4. The van der Waals surface area contributed by atoms with Gasteiger partial charge >= 0.3 is 0 Å². The van der Waals surface area contributed by atoms with Gasteiger partial charge in [0.1, 0.15) is 5.76 Å². The van der Waals surface area contributed by atoms with E-state index in [0.29, 0.717) is 10.8 Å². The number of hydrogen-bond donors (Lipinski definition) is 1. The molecule has 0 radical (unpaired) electrons. The van der Waals surface area contributed by atoms with Gasteiger partial charge in [-0.15, -0.1) is 0 Å². The van der Waals surface area contributed by atoms with E-state index >= 15 is 0 Å². The first-order valence-electron chi connectivity index (χ1n) is 8.54. The van der Waals surface area contributed by atoms with Crippen LogP contribution < -0.4 is 5.32 Å². The second-order valence-corrected chi connectivity index (χ2v) is 8.44. The molecule has 1 N–H and O–H groups in total. The van der Waals surface area contributed by atoms with Gasteiger partial charge in [0.25, 0.3) is 0 Å². The predicted octanol–water partition coefficient (Wildman–Crippen LogP) is 3.44. The molecular weight excluding hydrogens is 400 g/mol. The van der Waals surface area contributed by atoms with E-state index in [1.54, 1.807) is 12.1 Å². The van der Waals surface area contributed by atoms with Crippen molar-refractivity contribution >= 4 is 27.5 Å². The number of carbonyl (C=O) groups is 1. The standard InChI is InChI=1S/C20H19ClN2O4S/c21-17-8-10-19(11-9-17)28(25,26)23(14-16-5-2-1-3-6-16)15-20(24)22-13-18-7-4-12-27-18/h1-12H,13-15H2,(H,22,24). The van der Waals surface area contributed by atoms with Crippen LogP contribution >= 0.6 is 11.6 Å². The average molecular weight is 419 g/mol. The van der Waals surface area contributed by atoms with Crippen molar-refractivity contribution in [2.45, 2.75) is 18.0 Å². The highest BCUT2D eigenvalue weighted by molar-refractivity contribution is 7.89. The highest BCUT2D eigenvalue weighted by Crippen LogP contribution is 2.20. The number of nitrogens with one attached hydrogen (secondary N) is 1. The lowest BCUT2D eigenvalue weighted by Gasteiger charge is -2.22. The number of carbonyl (C=O) groups excluding carboxylic acids is 1. The Bertz CT molecular complexity index is 1000. The molecule has 0 spiro atoms. The summed E-state index contributed by atoms with van der Waals surface area (Å²) in [7, 11) is -3.89. The molecule has 0 atom stereocenters. The summed E-state index contributed by atoms with van der Waals surface area (Å²) in [6.45, 7) is -0.0630. The summed E-state index contributed by atoms with van der Waals surface area (Å²) in [5, 5.41) is 3.11. The molecule has 0 saturated carbocycles. The Balaban J connectivity index is 1.79. The van der Waals surface area contributed by atoms with Crippen LogP contribution in [0.5, 0.6) is 0 Å². The van der Waals surface area contributed by atoms with Gasteiger partial charge in [-0.05, 0) is 42.0 Å². The number of sulfonamides is 1. The minimum Gasteiger partial charge on any atom is -0.467 e. The van der Waals surface area contributed by atoms with Crippen LogP contribution in [0.25, 0.3) is 0 Å². The van der Waals surface area contributed by atoms with E-state index in [-0.39, 0.29) is 24.5 Å². The van der Waals surface area contributed by atoms with E-state index in [0.717, 1.165) is 9.87 Å². The van der Waals surface area contributed by atoms with Gasteiger partial charge in [0, 0.05) is 11.6 Å². The van der Waals surface area contributed by atoms with Crippen molar-refractivity contribution in [1.82, 2.24) is 9.62 Å². The summed E-state index contributed by atoms with van der Waals surface area (Å²) < 4.78 is 32.5. The van der Waals surface area contributed by atoms with Crippen LogP contribution in [-0.4, -0.2) is 25.2 Å². The molecule has 0 unspecified atom stereocenters. The van der Waals surface area contributed by atoms with E-state index in [1.165, 1.54) is 30.5 Å². The molecule has 0 aliphatic heterocycles. The van der Waals surface area contributed by atoms with Crippen molar-refractivity contribution in [3.63, 3.8) is 0 Å². The highest BCUT2D eigenvalue weighted by atomic mass is 35.5. The minimum atomic E-state index is -3.89. The molecule has 28 heavy (non-hydrogen) atoms. The molecule has 2 aromatic carbocycles. The van der Waals surface area contributed by atoms with Gasteiger partial charge in [0.05, 0.1) is 24.2 Å². The van der Waals surface area contributed by atoms with Crippen molar-refractivity contribution in [2.75, 3.05) is 6.54 Å². The molecule has 3 aromatic rings. The Morgan fingerprint density at radius 3 is 2.36 bits per heavy atom. The molecule has 0 aliphatic carbocycles. The fraction of sp³-hybridized carbons (Fsp3) is 0.150. The van der Waals surface area contributed by atoms with Crippen molar-refractivity contribution in [2.24, 2.45) is 0 Å². The molecule has 0 bridgehead atoms. The third-order valence-electron chi connectivity index (χ3n) is 4.01. The number of furan rings is 1. The molecule has 8 heteroatoms. The van der Waals surface area contributed by atoms with Crippen molar-refractivity contribution in [1.29, 1.82) is 0 Å².